The molecule has 3 aliphatic rings. The van der Waals surface area contributed by atoms with Crippen LogP contribution in [0, 0.1) is 8.98 Å². The molecule has 0 radical (unpaired) electrons. The van der Waals surface area contributed by atoms with Gasteiger partial charge in [0.2, 0.25) is 11.8 Å². The normalized spacial score (nSPS) is 24.0. The van der Waals surface area contributed by atoms with Crippen LogP contribution in [0.3, 0.4) is 0 Å². The van der Waals surface area contributed by atoms with Gasteiger partial charge < -0.3 is 15.6 Å². The van der Waals surface area contributed by atoms with Gasteiger partial charge in [0.05, 0.1) is 26.1 Å². The maximum atomic E-state index is 13.9. The summed E-state index contributed by atoms with van der Waals surface area (Å²) < 4.78 is 28.1. The second-order valence-corrected chi connectivity index (χ2v) is 13.5. The lowest BCUT2D eigenvalue weighted by Crippen LogP contribution is -2.52. The first-order valence-electron chi connectivity index (χ1n) is 11.5. The molecule has 2 aromatic rings. The van der Waals surface area contributed by atoms with E-state index in [1.165, 1.54) is 23.2 Å². The van der Waals surface area contributed by atoms with E-state index in [2.05, 4.69) is 27.9 Å². The van der Waals surface area contributed by atoms with Crippen LogP contribution in [-0.2, 0) is 24.8 Å². The van der Waals surface area contributed by atoms with Crippen LogP contribution in [0.5, 0.6) is 0 Å². The maximum absolute atomic E-state index is 13.9. The van der Waals surface area contributed by atoms with Crippen LogP contribution in [0.1, 0.15) is 37.7 Å². The fourth-order valence-electron chi connectivity index (χ4n) is 4.91. The van der Waals surface area contributed by atoms with Gasteiger partial charge in [0.25, 0.3) is 0 Å². The van der Waals surface area contributed by atoms with Crippen LogP contribution in [0.2, 0.25) is 5.02 Å². The Bertz CT molecular complexity index is 1310. The van der Waals surface area contributed by atoms with Gasteiger partial charge in [0.1, 0.15) is 6.04 Å². The highest BCUT2D eigenvalue weighted by molar-refractivity contribution is 14.1. The van der Waals surface area contributed by atoms with Crippen molar-refractivity contribution in [3.8, 4) is 0 Å². The molecule has 1 saturated heterocycles. The molecule has 0 unspecified atom stereocenters. The summed E-state index contributed by atoms with van der Waals surface area (Å²) in [6.45, 7) is -0.0752. The first kappa shape index (κ1) is 24.7. The molecule has 0 spiro atoms. The SMILES string of the molecule is N=CC1(NC(=O)[C@@H]2C[C@@H](S(=O)(=O)c3ccccc3Cl)CN2C(=O)C2(c3ccc(I)cc3)CC2)CC1. The van der Waals surface area contributed by atoms with Crippen molar-refractivity contribution in [2.45, 2.75) is 59.2 Å². The fourth-order valence-corrected chi connectivity index (χ4v) is 7.49. The van der Waals surface area contributed by atoms with E-state index in [1.807, 2.05) is 24.3 Å². The Labute approximate surface area is 223 Å². The van der Waals surface area contributed by atoms with Crippen molar-refractivity contribution in [1.82, 2.24) is 10.2 Å². The van der Waals surface area contributed by atoms with E-state index in [1.54, 1.807) is 12.1 Å². The Kier molecular flexibility index (Phi) is 6.24. The van der Waals surface area contributed by atoms with Crippen molar-refractivity contribution < 1.29 is 18.0 Å². The van der Waals surface area contributed by atoms with Gasteiger partial charge in [-0.1, -0.05) is 35.9 Å². The van der Waals surface area contributed by atoms with Gasteiger partial charge >= 0.3 is 0 Å². The molecule has 7 nitrogen and oxygen atoms in total. The number of rotatable bonds is 7. The number of likely N-dealkylation sites (tertiary alicyclic amines) is 1. The smallest absolute Gasteiger partial charge is 0.243 e. The number of nitrogens with one attached hydrogen (secondary N) is 2. The minimum absolute atomic E-state index is 0.0112. The zero-order valence-corrected chi connectivity index (χ0v) is 22.6. The topological polar surface area (TPSA) is 107 Å². The zero-order valence-electron chi connectivity index (χ0n) is 18.8. The van der Waals surface area contributed by atoms with Crippen LogP contribution in [-0.4, -0.2) is 54.7 Å². The number of benzene rings is 2. The van der Waals surface area contributed by atoms with Crippen molar-refractivity contribution in [2.75, 3.05) is 6.54 Å². The molecule has 35 heavy (non-hydrogen) atoms. The Morgan fingerprint density at radius 2 is 1.74 bits per heavy atom. The van der Waals surface area contributed by atoms with Crippen molar-refractivity contribution in [1.29, 1.82) is 5.41 Å². The average molecular weight is 626 g/mol. The van der Waals surface area contributed by atoms with E-state index in [0.717, 1.165) is 9.13 Å². The standard InChI is InChI=1S/C25H25ClIN3O4S/c26-19-3-1-2-4-21(19)35(33,34)18-13-20(22(31)29-24(15-28)9-10-24)30(14-18)23(32)25(11-12-25)16-5-7-17(27)8-6-16/h1-8,15,18,20,28H,9-14H2,(H,29,31)/t18-,20+/m1/s1. The largest absolute Gasteiger partial charge is 0.344 e. The number of carbonyl (C=O) groups excluding carboxylic acids is 2. The molecule has 2 N–H and O–H groups in total. The molecular formula is C25H25ClIN3O4S. The summed E-state index contributed by atoms with van der Waals surface area (Å²) in [6.07, 6.45) is 3.85. The number of nitrogens with zero attached hydrogens (tertiary/aromatic N) is 1. The third-order valence-corrected chi connectivity index (χ3v) is 10.8. The van der Waals surface area contributed by atoms with E-state index in [-0.39, 0.29) is 28.8 Å². The molecule has 10 heteroatoms. The van der Waals surface area contributed by atoms with Gasteiger partial charge in [-0.3, -0.25) is 9.59 Å². The molecule has 184 valence electrons. The van der Waals surface area contributed by atoms with Gasteiger partial charge in [-0.15, -0.1) is 0 Å². The summed E-state index contributed by atoms with van der Waals surface area (Å²) in [5.41, 5.74) is -0.526. The molecule has 2 aromatic carbocycles. The number of carbonyl (C=O) groups is 2. The van der Waals surface area contributed by atoms with Crippen molar-refractivity contribution in [3.63, 3.8) is 0 Å². The number of hydrogen-bond acceptors (Lipinski definition) is 5. The Morgan fingerprint density at radius 3 is 2.31 bits per heavy atom. The minimum atomic E-state index is -3.88. The molecule has 1 aliphatic heterocycles. The van der Waals surface area contributed by atoms with E-state index >= 15 is 0 Å². The van der Waals surface area contributed by atoms with Crippen LogP contribution >= 0.6 is 34.2 Å². The summed E-state index contributed by atoms with van der Waals surface area (Å²) in [6, 6.07) is 13.1. The molecule has 1 heterocycles. The van der Waals surface area contributed by atoms with Crippen LogP contribution in [0.15, 0.2) is 53.4 Å². The lowest BCUT2D eigenvalue weighted by atomic mass is 9.94. The van der Waals surface area contributed by atoms with Crippen LogP contribution in [0.25, 0.3) is 0 Å². The third-order valence-electron chi connectivity index (χ3n) is 7.40. The number of amides is 2. The summed E-state index contributed by atoms with van der Waals surface area (Å²) in [5.74, 6) is -0.620. The summed E-state index contributed by atoms with van der Waals surface area (Å²) in [4.78, 5) is 28.8. The van der Waals surface area contributed by atoms with Crippen molar-refractivity contribution in [2.24, 2.45) is 0 Å². The molecule has 3 fully saturated rings. The lowest BCUT2D eigenvalue weighted by Gasteiger charge is -2.29. The highest BCUT2D eigenvalue weighted by Gasteiger charge is 2.58. The molecule has 5 rings (SSSR count). The van der Waals surface area contributed by atoms with Crippen LogP contribution in [0.4, 0.5) is 0 Å². The summed E-state index contributed by atoms with van der Waals surface area (Å²) >= 11 is 8.42. The first-order valence-corrected chi connectivity index (χ1v) is 14.5. The Hall–Kier alpha value is -1.98. The maximum Gasteiger partial charge on any atom is 0.243 e. The molecule has 2 saturated carbocycles. The predicted octanol–water partition coefficient (Wildman–Crippen LogP) is 3.72. The quantitative estimate of drug-likeness (QED) is 0.361. The Balaban J connectivity index is 1.48. The number of hydrogen-bond donors (Lipinski definition) is 2. The summed E-state index contributed by atoms with van der Waals surface area (Å²) in [5, 5.41) is 9.71. The van der Waals surface area contributed by atoms with Crippen molar-refractivity contribution in [3.05, 3.63) is 62.7 Å². The van der Waals surface area contributed by atoms with Gasteiger partial charge in [-0.05, 0) is 84.5 Å². The summed E-state index contributed by atoms with van der Waals surface area (Å²) in [7, 11) is -3.88. The van der Waals surface area contributed by atoms with Crippen LogP contribution < -0.4 is 5.32 Å². The van der Waals surface area contributed by atoms with Gasteiger partial charge in [0.15, 0.2) is 9.84 Å². The fraction of sp³-hybridized carbons (Fsp3) is 0.400. The molecule has 2 atom stereocenters. The third kappa shape index (κ3) is 4.40. The highest BCUT2D eigenvalue weighted by Crippen LogP contribution is 2.51. The first-order chi connectivity index (χ1) is 16.6. The zero-order chi connectivity index (χ0) is 25.0. The molecular weight excluding hydrogens is 601 g/mol. The lowest BCUT2D eigenvalue weighted by molar-refractivity contribution is -0.140. The monoisotopic (exact) mass is 625 g/mol. The van der Waals surface area contributed by atoms with E-state index in [4.69, 9.17) is 17.0 Å². The number of sulfone groups is 1. The molecule has 2 amide bonds. The molecule has 2 aliphatic carbocycles. The van der Waals surface area contributed by atoms with Gasteiger partial charge in [0, 0.05) is 16.3 Å². The van der Waals surface area contributed by atoms with Crippen molar-refractivity contribution >= 4 is 62.1 Å². The van der Waals surface area contributed by atoms with Gasteiger partial charge in [-0.25, -0.2) is 8.42 Å². The van der Waals surface area contributed by atoms with E-state index in [0.29, 0.717) is 25.7 Å². The predicted molar refractivity (Wildman–Crippen MR) is 142 cm³/mol. The molecule has 0 bridgehead atoms. The second-order valence-electron chi connectivity index (χ2n) is 9.69. The minimum Gasteiger partial charge on any atom is -0.344 e. The van der Waals surface area contributed by atoms with E-state index < -0.39 is 38.0 Å². The van der Waals surface area contributed by atoms with E-state index in [9.17, 15) is 18.0 Å². The van der Waals surface area contributed by atoms with Gasteiger partial charge in [-0.2, -0.15) is 0 Å². The Morgan fingerprint density at radius 1 is 1.09 bits per heavy atom. The average Bonchev–Trinajstić information content (AvgIpc) is 3.76. The molecule has 0 aromatic heterocycles. The number of halogens is 2. The highest BCUT2D eigenvalue weighted by atomic mass is 127. The second kappa shape index (κ2) is 8.85.